The molecular formula is C16H20F3NO3. The van der Waals surface area contributed by atoms with Crippen molar-refractivity contribution in [1.29, 1.82) is 0 Å². The molecule has 1 aromatic rings. The summed E-state index contributed by atoms with van der Waals surface area (Å²) in [6, 6.07) is 6.14. The number of benzene rings is 1. The number of carbonyl (C=O) groups excluding carboxylic acids is 1. The predicted octanol–water partition coefficient (Wildman–Crippen LogP) is 2.97. The minimum absolute atomic E-state index is 0.00367. The van der Waals surface area contributed by atoms with E-state index in [1.165, 1.54) is 7.11 Å². The van der Waals surface area contributed by atoms with E-state index in [4.69, 9.17) is 4.74 Å². The second-order valence-electron chi connectivity index (χ2n) is 5.78. The molecule has 7 heteroatoms. The Labute approximate surface area is 132 Å². The Morgan fingerprint density at radius 2 is 1.96 bits per heavy atom. The van der Waals surface area contributed by atoms with Gasteiger partial charge in [-0.1, -0.05) is 12.1 Å². The number of hydrogen-bond acceptors (Lipinski definition) is 3. The minimum atomic E-state index is -4.17. The summed E-state index contributed by atoms with van der Waals surface area (Å²) >= 11 is 0. The Kier molecular flexibility index (Phi) is 5.51. The number of amides is 1. The minimum Gasteiger partial charge on any atom is -0.497 e. The fourth-order valence-electron chi connectivity index (χ4n) is 2.81. The molecule has 0 saturated heterocycles. The van der Waals surface area contributed by atoms with Crippen molar-refractivity contribution in [3.8, 4) is 5.75 Å². The van der Waals surface area contributed by atoms with Gasteiger partial charge in [0.25, 0.3) is 5.91 Å². The predicted molar refractivity (Wildman–Crippen MR) is 77.9 cm³/mol. The molecule has 1 aliphatic carbocycles. The van der Waals surface area contributed by atoms with Crippen LogP contribution in [-0.4, -0.2) is 30.3 Å². The van der Waals surface area contributed by atoms with Gasteiger partial charge in [0, 0.05) is 6.04 Å². The van der Waals surface area contributed by atoms with Crippen LogP contribution in [0.3, 0.4) is 0 Å². The van der Waals surface area contributed by atoms with Crippen molar-refractivity contribution in [2.75, 3.05) is 7.11 Å². The third-order valence-electron chi connectivity index (χ3n) is 4.19. The standard InChI is InChI=1S/C16H20F3NO3/c1-23-13-4-2-3-10(9-13)14(21)15(22)20-12-7-5-11(6-8-12)16(17,18)19/h2-4,9,11-12,14,21H,5-8H2,1H3,(H,20,22). The maximum Gasteiger partial charge on any atom is 0.391 e. The van der Waals surface area contributed by atoms with Gasteiger partial charge in [-0.15, -0.1) is 0 Å². The van der Waals surface area contributed by atoms with Crippen molar-refractivity contribution in [2.45, 2.75) is 44.0 Å². The lowest BCUT2D eigenvalue weighted by molar-refractivity contribution is -0.182. The highest BCUT2D eigenvalue weighted by atomic mass is 19.4. The highest BCUT2D eigenvalue weighted by molar-refractivity contribution is 5.82. The molecule has 1 aliphatic rings. The van der Waals surface area contributed by atoms with Crippen LogP contribution in [0.4, 0.5) is 13.2 Å². The van der Waals surface area contributed by atoms with Gasteiger partial charge in [0.05, 0.1) is 13.0 Å². The van der Waals surface area contributed by atoms with Crippen LogP contribution in [-0.2, 0) is 4.79 Å². The molecule has 0 aliphatic heterocycles. The maximum absolute atomic E-state index is 12.6. The molecule has 1 saturated carbocycles. The summed E-state index contributed by atoms with van der Waals surface area (Å²) in [5.41, 5.74) is 0.380. The van der Waals surface area contributed by atoms with Crippen molar-refractivity contribution in [3.63, 3.8) is 0 Å². The average Bonchev–Trinajstić information content (AvgIpc) is 2.53. The van der Waals surface area contributed by atoms with Gasteiger partial charge in [-0.3, -0.25) is 4.79 Å². The van der Waals surface area contributed by atoms with Crippen LogP contribution < -0.4 is 10.1 Å². The van der Waals surface area contributed by atoms with Gasteiger partial charge in [-0.05, 0) is 43.4 Å². The molecule has 0 bridgehead atoms. The maximum atomic E-state index is 12.6. The number of nitrogens with one attached hydrogen (secondary N) is 1. The monoisotopic (exact) mass is 331 g/mol. The molecule has 0 heterocycles. The quantitative estimate of drug-likeness (QED) is 0.892. The summed E-state index contributed by atoms with van der Waals surface area (Å²) in [7, 11) is 1.48. The number of rotatable bonds is 4. The molecule has 1 atom stereocenters. The fourth-order valence-corrected chi connectivity index (χ4v) is 2.81. The zero-order valence-electron chi connectivity index (χ0n) is 12.8. The third-order valence-corrected chi connectivity index (χ3v) is 4.19. The molecule has 1 aromatic carbocycles. The van der Waals surface area contributed by atoms with Crippen LogP contribution in [0.25, 0.3) is 0 Å². The molecule has 2 N–H and O–H groups in total. The van der Waals surface area contributed by atoms with E-state index in [2.05, 4.69) is 5.32 Å². The summed E-state index contributed by atoms with van der Waals surface area (Å²) in [5, 5.41) is 12.7. The third kappa shape index (κ3) is 4.60. The summed E-state index contributed by atoms with van der Waals surface area (Å²) in [5.74, 6) is -1.38. The SMILES string of the molecule is COc1cccc(C(O)C(=O)NC2CCC(C(F)(F)F)CC2)c1. The van der Waals surface area contributed by atoms with E-state index in [0.29, 0.717) is 11.3 Å². The molecule has 0 aromatic heterocycles. The summed E-state index contributed by atoms with van der Waals surface area (Å²) < 4.78 is 42.9. The molecule has 4 nitrogen and oxygen atoms in total. The largest absolute Gasteiger partial charge is 0.497 e. The Morgan fingerprint density at radius 1 is 1.30 bits per heavy atom. The highest BCUT2D eigenvalue weighted by Gasteiger charge is 2.41. The van der Waals surface area contributed by atoms with Crippen LogP contribution in [0.5, 0.6) is 5.75 Å². The van der Waals surface area contributed by atoms with E-state index in [9.17, 15) is 23.1 Å². The molecular weight excluding hydrogens is 311 g/mol. The van der Waals surface area contributed by atoms with E-state index in [1.807, 2.05) is 0 Å². The van der Waals surface area contributed by atoms with Gasteiger partial charge in [0.15, 0.2) is 6.10 Å². The Balaban J connectivity index is 1.89. The Hall–Kier alpha value is -1.76. The summed E-state index contributed by atoms with van der Waals surface area (Å²) in [6.07, 6.45) is -5.00. The van der Waals surface area contributed by atoms with E-state index in [1.54, 1.807) is 24.3 Å². The highest BCUT2D eigenvalue weighted by Crippen LogP contribution is 2.37. The first-order valence-corrected chi connectivity index (χ1v) is 7.50. The van der Waals surface area contributed by atoms with Gasteiger partial charge in [-0.25, -0.2) is 0 Å². The summed E-state index contributed by atoms with van der Waals surface area (Å²) in [6.45, 7) is 0. The molecule has 23 heavy (non-hydrogen) atoms. The number of ether oxygens (including phenoxy) is 1. The van der Waals surface area contributed by atoms with Crippen molar-refractivity contribution in [1.82, 2.24) is 5.32 Å². The molecule has 0 spiro atoms. The lowest BCUT2D eigenvalue weighted by Gasteiger charge is -2.30. The molecule has 1 unspecified atom stereocenters. The molecule has 1 fully saturated rings. The van der Waals surface area contributed by atoms with Crippen molar-refractivity contribution in [2.24, 2.45) is 5.92 Å². The zero-order valence-corrected chi connectivity index (χ0v) is 12.8. The first kappa shape index (κ1) is 17.6. The Morgan fingerprint density at radius 3 is 2.52 bits per heavy atom. The number of aliphatic hydroxyl groups excluding tert-OH is 1. The van der Waals surface area contributed by atoms with Crippen LogP contribution in [0.1, 0.15) is 37.4 Å². The summed E-state index contributed by atoms with van der Waals surface area (Å²) in [4.78, 5) is 12.1. The van der Waals surface area contributed by atoms with Gasteiger partial charge in [-0.2, -0.15) is 13.2 Å². The van der Waals surface area contributed by atoms with Crippen LogP contribution in [0.2, 0.25) is 0 Å². The van der Waals surface area contributed by atoms with Crippen molar-refractivity contribution < 1.29 is 27.8 Å². The van der Waals surface area contributed by atoms with Crippen LogP contribution in [0, 0.1) is 5.92 Å². The van der Waals surface area contributed by atoms with E-state index in [-0.39, 0.29) is 31.7 Å². The van der Waals surface area contributed by atoms with Crippen LogP contribution >= 0.6 is 0 Å². The normalized spacial score (nSPS) is 23.2. The van der Waals surface area contributed by atoms with E-state index in [0.717, 1.165) is 0 Å². The van der Waals surface area contributed by atoms with E-state index < -0.39 is 24.1 Å². The smallest absolute Gasteiger partial charge is 0.391 e. The first-order valence-electron chi connectivity index (χ1n) is 7.50. The second-order valence-corrected chi connectivity index (χ2v) is 5.78. The van der Waals surface area contributed by atoms with Crippen molar-refractivity contribution >= 4 is 5.91 Å². The number of methoxy groups -OCH3 is 1. The lowest BCUT2D eigenvalue weighted by atomic mass is 9.85. The molecule has 128 valence electrons. The average molecular weight is 331 g/mol. The first-order chi connectivity index (χ1) is 10.8. The van der Waals surface area contributed by atoms with E-state index >= 15 is 0 Å². The van der Waals surface area contributed by atoms with Crippen molar-refractivity contribution in [3.05, 3.63) is 29.8 Å². The number of carbonyl (C=O) groups is 1. The number of aliphatic hydroxyl groups is 1. The number of hydrogen-bond donors (Lipinski definition) is 2. The number of alkyl halides is 3. The van der Waals surface area contributed by atoms with Crippen LogP contribution in [0.15, 0.2) is 24.3 Å². The Bertz CT molecular complexity index is 540. The second kappa shape index (κ2) is 7.21. The molecule has 0 radical (unpaired) electrons. The molecule has 1 amide bonds. The lowest BCUT2D eigenvalue weighted by Crippen LogP contribution is -2.42. The van der Waals surface area contributed by atoms with Gasteiger partial charge < -0.3 is 15.2 Å². The topological polar surface area (TPSA) is 58.6 Å². The van der Waals surface area contributed by atoms with Gasteiger partial charge >= 0.3 is 6.18 Å². The zero-order chi connectivity index (χ0) is 17.0. The molecule has 2 rings (SSSR count). The van der Waals surface area contributed by atoms with Gasteiger partial charge in [0.2, 0.25) is 0 Å². The fraction of sp³-hybridized carbons (Fsp3) is 0.562. The van der Waals surface area contributed by atoms with Gasteiger partial charge in [0.1, 0.15) is 5.75 Å². The number of halogens is 3.